The molecule has 0 radical (unpaired) electrons. The highest BCUT2D eigenvalue weighted by atomic mass is 16.1. The van der Waals surface area contributed by atoms with Crippen molar-refractivity contribution in [1.82, 2.24) is 4.90 Å². The molecule has 1 aliphatic heterocycles. The van der Waals surface area contributed by atoms with Crippen LogP contribution in [0.3, 0.4) is 0 Å². The quantitative estimate of drug-likeness (QED) is 0.844. The van der Waals surface area contributed by atoms with Gasteiger partial charge in [0.2, 0.25) is 0 Å². The third-order valence-electron chi connectivity index (χ3n) is 4.48. The van der Waals surface area contributed by atoms with Gasteiger partial charge in [-0.05, 0) is 30.7 Å². The lowest BCUT2D eigenvalue weighted by Crippen LogP contribution is -2.50. The normalized spacial score (nSPS) is 24.4. The number of ketones is 1. The molecule has 3 unspecified atom stereocenters. The third kappa shape index (κ3) is 4.63. The first-order chi connectivity index (χ1) is 10.5. The molecule has 0 bridgehead atoms. The van der Waals surface area contributed by atoms with Crippen molar-refractivity contribution in [1.29, 1.82) is 0 Å². The van der Waals surface area contributed by atoms with Gasteiger partial charge in [0.05, 0.1) is 12.2 Å². The number of rotatable bonds is 6. The lowest BCUT2D eigenvalue weighted by Gasteiger charge is -2.37. The first kappa shape index (κ1) is 17.1. The molecular formula is C18H29N3O. The fraction of sp³-hybridized carbons (Fsp3) is 0.611. The molecule has 1 aliphatic rings. The van der Waals surface area contributed by atoms with E-state index in [-0.39, 0.29) is 23.9 Å². The van der Waals surface area contributed by atoms with E-state index < -0.39 is 0 Å². The van der Waals surface area contributed by atoms with Gasteiger partial charge in [0.15, 0.2) is 5.78 Å². The molecule has 0 spiro atoms. The summed E-state index contributed by atoms with van der Waals surface area (Å²) in [5.41, 5.74) is 13.6. The van der Waals surface area contributed by atoms with Crippen LogP contribution in [-0.4, -0.2) is 29.4 Å². The van der Waals surface area contributed by atoms with E-state index in [2.05, 4.69) is 30.9 Å². The summed E-state index contributed by atoms with van der Waals surface area (Å²) in [4.78, 5) is 14.7. The number of carbonyl (C=O) groups is 1. The summed E-state index contributed by atoms with van der Waals surface area (Å²) in [5, 5.41) is 0. The molecule has 22 heavy (non-hydrogen) atoms. The van der Waals surface area contributed by atoms with Crippen molar-refractivity contribution < 1.29 is 4.79 Å². The predicted octanol–water partition coefficient (Wildman–Crippen LogP) is 2.13. The summed E-state index contributed by atoms with van der Waals surface area (Å²) in [5.74, 6) is 0.671. The minimum absolute atomic E-state index is 0.0239. The monoisotopic (exact) mass is 303 g/mol. The van der Waals surface area contributed by atoms with Gasteiger partial charge in [-0.15, -0.1) is 0 Å². The molecule has 0 saturated carbocycles. The number of nitrogens with zero attached hydrogens (tertiary/aromatic N) is 1. The van der Waals surface area contributed by atoms with Crippen molar-refractivity contribution in [2.45, 2.75) is 51.9 Å². The van der Waals surface area contributed by atoms with Gasteiger partial charge >= 0.3 is 0 Å². The van der Waals surface area contributed by atoms with E-state index in [9.17, 15) is 4.79 Å². The first-order valence-corrected chi connectivity index (χ1v) is 8.30. The fourth-order valence-electron chi connectivity index (χ4n) is 3.25. The van der Waals surface area contributed by atoms with E-state index in [4.69, 9.17) is 11.5 Å². The first-order valence-electron chi connectivity index (χ1n) is 8.30. The van der Waals surface area contributed by atoms with Gasteiger partial charge < -0.3 is 11.5 Å². The molecule has 0 aliphatic carbocycles. The number of hydrogen-bond donors (Lipinski definition) is 2. The number of carbonyl (C=O) groups excluding carboxylic acids is 1. The zero-order valence-corrected chi connectivity index (χ0v) is 13.7. The van der Waals surface area contributed by atoms with Crippen LogP contribution in [0.5, 0.6) is 0 Å². The van der Waals surface area contributed by atoms with Gasteiger partial charge in [0.1, 0.15) is 0 Å². The fourth-order valence-corrected chi connectivity index (χ4v) is 3.25. The second-order valence-electron chi connectivity index (χ2n) is 6.88. The van der Waals surface area contributed by atoms with Gasteiger partial charge in [-0.3, -0.25) is 9.69 Å². The van der Waals surface area contributed by atoms with Crippen LogP contribution in [0, 0.1) is 11.8 Å². The largest absolute Gasteiger partial charge is 0.321 e. The van der Waals surface area contributed by atoms with Gasteiger partial charge in [0.25, 0.3) is 0 Å². The van der Waals surface area contributed by atoms with Crippen LogP contribution in [0.2, 0.25) is 0 Å². The number of nitrogens with two attached hydrogens (primary N) is 2. The lowest BCUT2D eigenvalue weighted by molar-refractivity contribution is -0.126. The van der Waals surface area contributed by atoms with Gasteiger partial charge in [0, 0.05) is 19.0 Å². The summed E-state index contributed by atoms with van der Waals surface area (Å²) < 4.78 is 0. The Hall–Kier alpha value is -1.23. The number of Topliss-reactive ketones (excluding diaryl/α,β-unsaturated/α-hetero) is 1. The van der Waals surface area contributed by atoms with Crippen molar-refractivity contribution >= 4 is 5.78 Å². The molecule has 2 rings (SSSR count). The summed E-state index contributed by atoms with van der Waals surface area (Å²) in [6.07, 6.45) is 2.29. The van der Waals surface area contributed by atoms with Gasteiger partial charge in [-0.25, -0.2) is 0 Å². The van der Waals surface area contributed by atoms with Crippen LogP contribution in [0.4, 0.5) is 0 Å². The van der Waals surface area contributed by atoms with Gasteiger partial charge in [-0.2, -0.15) is 0 Å². The summed E-state index contributed by atoms with van der Waals surface area (Å²) in [6.45, 7) is 5.91. The van der Waals surface area contributed by atoms with E-state index in [1.54, 1.807) is 0 Å². The maximum absolute atomic E-state index is 12.4. The van der Waals surface area contributed by atoms with Crippen molar-refractivity contribution in [2.75, 3.05) is 6.54 Å². The summed E-state index contributed by atoms with van der Waals surface area (Å²) in [7, 11) is 0. The SMILES string of the molecule is CC(C)CC(N)C(=O)C1CCN(Cc2ccccc2)C(N)C1. The van der Waals surface area contributed by atoms with Crippen molar-refractivity contribution in [3.8, 4) is 0 Å². The average Bonchev–Trinajstić information content (AvgIpc) is 2.49. The number of piperidine rings is 1. The molecule has 3 atom stereocenters. The number of hydrogen-bond acceptors (Lipinski definition) is 4. The van der Waals surface area contributed by atoms with Crippen LogP contribution >= 0.6 is 0 Å². The molecule has 1 fully saturated rings. The maximum atomic E-state index is 12.4. The lowest BCUT2D eigenvalue weighted by atomic mass is 9.85. The zero-order chi connectivity index (χ0) is 16.1. The van der Waals surface area contributed by atoms with Crippen LogP contribution in [0.25, 0.3) is 0 Å². The van der Waals surface area contributed by atoms with Crippen molar-refractivity contribution in [3.63, 3.8) is 0 Å². The minimum Gasteiger partial charge on any atom is -0.321 e. The molecule has 4 nitrogen and oxygen atoms in total. The van der Waals surface area contributed by atoms with E-state index in [1.165, 1.54) is 5.56 Å². The highest BCUT2D eigenvalue weighted by molar-refractivity contribution is 5.86. The predicted molar refractivity (Wildman–Crippen MR) is 90.0 cm³/mol. The highest BCUT2D eigenvalue weighted by Gasteiger charge is 2.32. The second kappa shape index (κ2) is 7.86. The number of likely N-dealkylation sites (tertiary alicyclic amines) is 1. The molecule has 4 heteroatoms. The van der Waals surface area contributed by atoms with Crippen LogP contribution in [0.15, 0.2) is 30.3 Å². The second-order valence-corrected chi connectivity index (χ2v) is 6.88. The Balaban J connectivity index is 1.88. The number of benzene rings is 1. The van der Waals surface area contributed by atoms with Crippen LogP contribution < -0.4 is 11.5 Å². The van der Waals surface area contributed by atoms with E-state index in [0.29, 0.717) is 5.92 Å². The van der Waals surface area contributed by atoms with Crippen molar-refractivity contribution in [2.24, 2.45) is 23.3 Å². The Labute approximate surface area is 133 Å². The molecule has 122 valence electrons. The third-order valence-corrected chi connectivity index (χ3v) is 4.48. The molecule has 1 aromatic carbocycles. The molecule has 1 saturated heterocycles. The summed E-state index contributed by atoms with van der Waals surface area (Å²) in [6, 6.07) is 10.00. The Kier molecular flexibility index (Phi) is 6.12. The van der Waals surface area contributed by atoms with Gasteiger partial charge in [-0.1, -0.05) is 44.2 Å². The zero-order valence-electron chi connectivity index (χ0n) is 13.7. The topological polar surface area (TPSA) is 72.4 Å². The van der Waals surface area contributed by atoms with Crippen molar-refractivity contribution in [3.05, 3.63) is 35.9 Å². The molecular weight excluding hydrogens is 274 g/mol. The summed E-state index contributed by atoms with van der Waals surface area (Å²) >= 11 is 0. The Bertz CT molecular complexity index is 474. The Morgan fingerprint density at radius 2 is 2.00 bits per heavy atom. The molecule has 4 N–H and O–H groups in total. The Morgan fingerprint density at radius 1 is 1.32 bits per heavy atom. The minimum atomic E-state index is -0.335. The molecule has 0 aromatic heterocycles. The van der Waals surface area contributed by atoms with Crippen LogP contribution in [0.1, 0.15) is 38.7 Å². The average molecular weight is 303 g/mol. The Morgan fingerprint density at radius 3 is 2.59 bits per heavy atom. The van der Waals surface area contributed by atoms with Crippen LogP contribution in [-0.2, 0) is 11.3 Å². The van der Waals surface area contributed by atoms with E-state index in [1.807, 2.05) is 18.2 Å². The molecule has 1 aromatic rings. The highest BCUT2D eigenvalue weighted by Crippen LogP contribution is 2.24. The molecule has 0 amide bonds. The van der Waals surface area contributed by atoms with E-state index >= 15 is 0 Å². The maximum Gasteiger partial charge on any atom is 0.152 e. The van der Waals surface area contributed by atoms with E-state index in [0.717, 1.165) is 32.4 Å². The standard InChI is InChI=1S/C18H29N3O/c1-13(2)10-16(19)18(22)15-8-9-21(17(20)11-15)12-14-6-4-3-5-7-14/h3-7,13,15-17H,8-12,19-20H2,1-2H3. The smallest absolute Gasteiger partial charge is 0.152 e. The molecule has 1 heterocycles.